The van der Waals surface area contributed by atoms with Gasteiger partial charge in [-0.15, -0.1) is 16.8 Å². The number of carbonyl (C=O) groups excluding carboxylic acids is 2. The average molecular weight is 567 g/mol. The number of aryl methyl sites for hydroxylation is 1. The molecular formula is C25H26Cl3N5O2S. The Morgan fingerprint density at radius 2 is 1.83 bits per heavy atom. The molecule has 2 amide bonds. The fourth-order valence-electron chi connectivity index (χ4n) is 3.41. The summed E-state index contributed by atoms with van der Waals surface area (Å²) in [4.78, 5) is 25.5. The summed E-state index contributed by atoms with van der Waals surface area (Å²) >= 11 is 19.3. The summed E-state index contributed by atoms with van der Waals surface area (Å²) in [5.74, 6) is 0.167. The number of amides is 2. The predicted octanol–water partition coefficient (Wildman–Crippen LogP) is 6.59. The van der Waals surface area contributed by atoms with Crippen molar-refractivity contribution in [3.63, 3.8) is 0 Å². The number of halogens is 3. The molecule has 0 spiro atoms. The zero-order valence-electron chi connectivity index (χ0n) is 20.0. The molecule has 2 aromatic carbocycles. The monoisotopic (exact) mass is 565 g/mol. The molecule has 36 heavy (non-hydrogen) atoms. The highest BCUT2D eigenvalue weighted by Gasteiger charge is 2.26. The van der Waals surface area contributed by atoms with Crippen molar-refractivity contribution in [3.05, 3.63) is 81.1 Å². The van der Waals surface area contributed by atoms with E-state index in [1.54, 1.807) is 12.1 Å². The van der Waals surface area contributed by atoms with Gasteiger partial charge >= 0.3 is 0 Å². The largest absolute Gasteiger partial charge is 0.342 e. The summed E-state index contributed by atoms with van der Waals surface area (Å²) in [6, 6.07) is 9.96. The molecule has 0 aliphatic rings. The standard InChI is InChI=1S/C25H26Cl3N5O2S/c1-5-9-33-23(22(14(2)3)30-24(35)16-8-6-7-15(4)10-16)31-32-25(33)36-13-21(34)29-20-12-18(27)17(26)11-19(20)28/h5-8,10-12,14,22H,1,9,13H2,2-4H3,(H,29,34)(H,30,35)/t22-/m0/s1. The molecule has 0 unspecified atom stereocenters. The van der Waals surface area contributed by atoms with Crippen LogP contribution in [0.25, 0.3) is 0 Å². The fourth-order valence-corrected chi connectivity index (χ4v) is 4.76. The van der Waals surface area contributed by atoms with Crippen LogP contribution in [-0.2, 0) is 11.3 Å². The Morgan fingerprint density at radius 3 is 2.50 bits per heavy atom. The Balaban J connectivity index is 1.76. The molecular weight excluding hydrogens is 541 g/mol. The van der Waals surface area contributed by atoms with Crippen LogP contribution < -0.4 is 10.6 Å². The van der Waals surface area contributed by atoms with Crippen LogP contribution in [0.5, 0.6) is 0 Å². The van der Waals surface area contributed by atoms with E-state index in [4.69, 9.17) is 34.8 Å². The van der Waals surface area contributed by atoms with Crippen molar-refractivity contribution in [2.75, 3.05) is 11.1 Å². The topological polar surface area (TPSA) is 88.9 Å². The normalized spacial score (nSPS) is 11.9. The third kappa shape index (κ3) is 7.03. The quantitative estimate of drug-likeness (QED) is 0.164. The lowest BCUT2D eigenvalue weighted by molar-refractivity contribution is -0.113. The summed E-state index contributed by atoms with van der Waals surface area (Å²) in [6.07, 6.45) is 1.71. The van der Waals surface area contributed by atoms with Gasteiger partial charge in [0, 0.05) is 12.1 Å². The molecule has 0 saturated carbocycles. The van der Waals surface area contributed by atoms with E-state index >= 15 is 0 Å². The van der Waals surface area contributed by atoms with Crippen molar-refractivity contribution in [3.8, 4) is 0 Å². The smallest absolute Gasteiger partial charge is 0.251 e. The third-order valence-corrected chi connectivity index (χ3v) is 7.19. The van der Waals surface area contributed by atoms with E-state index in [2.05, 4.69) is 27.4 Å². The van der Waals surface area contributed by atoms with Gasteiger partial charge in [0.05, 0.1) is 32.5 Å². The Hall–Kier alpha value is -2.52. The van der Waals surface area contributed by atoms with Gasteiger partial charge in [0.15, 0.2) is 11.0 Å². The van der Waals surface area contributed by atoms with Gasteiger partial charge < -0.3 is 15.2 Å². The van der Waals surface area contributed by atoms with Crippen molar-refractivity contribution in [1.82, 2.24) is 20.1 Å². The fraction of sp³-hybridized carbons (Fsp3) is 0.280. The van der Waals surface area contributed by atoms with Gasteiger partial charge in [-0.2, -0.15) is 0 Å². The number of hydrogen-bond donors (Lipinski definition) is 2. The number of allylic oxidation sites excluding steroid dienone is 1. The first-order chi connectivity index (χ1) is 17.1. The molecule has 1 atom stereocenters. The van der Waals surface area contributed by atoms with Crippen molar-refractivity contribution in [1.29, 1.82) is 0 Å². The highest BCUT2D eigenvalue weighted by atomic mass is 35.5. The minimum atomic E-state index is -0.399. The summed E-state index contributed by atoms with van der Waals surface area (Å²) in [5.41, 5.74) is 1.93. The van der Waals surface area contributed by atoms with Crippen LogP contribution in [-0.4, -0.2) is 32.3 Å². The zero-order chi connectivity index (χ0) is 26.4. The molecule has 0 saturated heterocycles. The van der Waals surface area contributed by atoms with E-state index in [9.17, 15) is 9.59 Å². The number of anilines is 1. The second-order valence-electron chi connectivity index (χ2n) is 8.39. The van der Waals surface area contributed by atoms with Crippen LogP contribution in [0.2, 0.25) is 15.1 Å². The molecule has 0 bridgehead atoms. The highest BCUT2D eigenvalue weighted by Crippen LogP contribution is 2.32. The van der Waals surface area contributed by atoms with Gasteiger partial charge in [-0.3, -0.25) is 9.59 Å². The van der Waals surface area contributed by atoms with Crippen LogP contribution in [0, 0.1) is 12.8 Å². The first-order valence-electron chi connectivity index (χ1n) is 11.1. The lowest BCUT2D eigenvalue weighted by Gasteiger charge is -2.22. The first kappa shape index (κ1) is 28.1. The molecule has 190 valence electrons. The van der Waals surface area contributed by atoms with Gasteiger partial charge in [-0.25, -0.2) is 0 Å². The predicted molar refractivity (Wildman–Crippen MR) is 147 cm³/mol. The molecule has 7 nitrogen and oxygen atoms in total. The van der Waals surface area contributed by atoms with Gasteiger partial charge in [0.25, 0.3) is 5.91 Å². The number of carbonyl (C=O) groups is 2. The van der Waals surface area contributed by atoms with Gasteiger partial charge in [-0.05, 0) is 37.1 Å². The Labute approximate surface area is 229 Å². The Kier molecular flexibility index (Phi) is 9.84. The van der Waals surface area contributed by atoms with E-state index in [0.29, 0.717) is 33.8 Å². The van der Waals surface area contributed by atoms with Gasteiger partial charge in [-0.1, -0.05) is 84.2 Å². The molecule has 0 aliphatic carbocycles. The maximum Gasteiger partial charge on any atom is 0.251 e. The Bertz CT molecular complexity index is 1280. The van der Waals surface area contributed by atoms with Crippen LogP contribution in [0.1, 0.15) is 41.6 Å². The number of aromatic nitrogens is 3. The summed E-state index contributed by atoms with van der Waals surface area (Å²) in [7, 11) is 0. The summed E-state index contributed by atoms with van der Waals surface area (Å²) in [5, 5.41) is 15.8. The van der Waals surface area contributed by atoms with Crippen LogP contribution in [0.4, 0.5) is 5.69 Å². The third-order valence-electron chi connectivity index (χ3n) is 5.19. The minimum Gasteiger partial charge on any atom is -0.342 e. The van der Waals surface area contributed by atoms with Gasteiger partial charge in [0.1, 0.15) is 0 Å². The van der Waals surface area contributed by atoms with Crippen LogP contribution >= 0.6 is 46.6 Å². The van der Waals surface area contributed by atoms with Crippen molar-refractivity contribution < 1.29 is 9.59 Å². The molecule has 3 aromatic rings. The molecule has 2 N–H and O–H groups in total. The SMILES string of the molecule is C=CCn1c(SCC(=O)Nc2cc(Cl)c(Cl)cc2Cl)nnc1[C@@H](NC(=O)c1cccc(C)c1)C(C)C. The van der Waals surface area contributed by atoms with E-state index in [1.807, 2.05) is 43.5 Å². The van der Waals surface area contributed by atoms with Gasteiger partial charge in [0.2, 0.25) is 5.91 Å². The number of nitrogens with one attached hydrogen (secondary N) is 2. The summed E-state index contributed by atoms with van der Waals surface area (Å²) < 4.78 is 1.85. The van der Waals surface area contributed by atoms with E-state index < -0.39 is 6.04 Å². The molecule has 0 aliphatic heterocycles. The van der Waals surface area contributed by atoms with E-state index in [1.165, 1.54) is 23.9 Å². The minimum absolute atomic E-state index is 0.0319. The number of nitrogens with zero attached hydrogens (tertiary/aromatic N) is 3. The van der Waals surface area contributed by atoms with E-state index in [-0.39, 0.29) is 33.5 Å². The van der Waals surface area contributed by atoms with E-state index in [0.717, 1.165) is 5.56 Å². The second kappa shape index (κ2) is 12.6. The molecule has 0 radical (unpaired) electrons. The highest BCUT2D eigenvalue weighted by molar-refractivity contribution is 7.99. The Morgan fingerprint density at radius 1 is 1.11 bits per heavy atom. The summed E-state index contributed by atoms with van der Waals surface area (Å²) in [6.45, 7) is 10.2. The van der Waals surface area contributed by atoms with Crippen LogP contribution in [0.3, 0.4) is 0 Å². The van der Waals surface area contributed by atoms with Crippen molar-refractivity contribution >= 4 is 64.1 Å². The van der Waals surface area contributed by atoms with Crippen molar-refractivity contribution in [2.24, 2.45) is 5.92 Å². The second-order valence-corrected chi connectivity index (χ2v) is 10.6. The average Bonchev–Trinajstić information content (AvgIpc) is 3.21. The molecule has 3 rings (SSSR count). The lowest BCUT2D eigenvalue weighted by atomic mass is 10.0. The lowest BCUT2D eigenvalue weighted by Crippen LogP contribution is -2.34. The number of benzene rings is 2. The maximum atomic E-state index is 12.9. The van der Waals surface area contributed by atoms with Crippen LogP contribution in [0.15, 0.2) is 54.2 Å². The molecule has 11 heteroatoms. The molecule has 1 aromatic heterocycles. The van der Waals surface area contributed by atoms with Crippen molar-refractivity contribution in [2.45, 2.75) is 38.5 Å². The number of rotatable bonds is 10. The zero-order valence-corrected chi connectivity index (χ0v) is 23.1. The first-order valence-corrected chi connectivity index (χ1v) is 13.2. The number of thioether (sulfide) groups is 1. The number of hydrogen-bond acceptors (Lipinski definition) is 5. The molecule has 1 heterocycles. The maximum absolute atomic E-state index is 12.9. The molecule has 0 fully saturated rings.